The smallest absolute Gasteiger partial charge is 0.328 e. The molecule has 0 aliphatic carbocycles. The van der Waals surface area contributed by atoms with Gasteiger partial charge in [0.05, 0.1) is 0 Å². The van der Waals surface area contributed by atoms with E-state index in [1.807, 2.05) is 0 Å². The number of carbonyl (C=O) groups is 1. The van der Waals surface area contributed by atoms with Crippen LogP contribution in [0.2, 0.25) is 5.02 Å². The minimum atomic E-state index is -1.78. The van der Waals surface area contributed by atoms with E-state index in [2.05, 4.69) is 5.10 Å². The van der Waals surface area contributed by atoms with Gasteiger partial charge >= 0.3 is 5.88 Å². The normalized spacial score (nSPS) is 19.2. The van der Waals surface area contributed by atoms with Gasteiger partial charge in [0, 0.05) is 23.1 Å². The average molecular weight is 444 g/mol. The van der Waals surface area contributed by atoms with E-state index >= 15 is 0 Å². The molecule has 0 saturated carbocycles. The Bertz CT molecular complexity index is 1100. The van der Waals surface area contributed by atoms with Crippen LogP contribution in [0, 0.1) is 5.21 Å². The molecule has 31 heavy (non-hydrogen) atoms. The molecule has 10 heteroatoms. The molecule has 2 unspecified atom stereocenters. The Labute approximate surface area is 181 Å². The zero-order valence-electron chi connectivity index (χ0n) is 16.1. The lowest BCUT2D eigenvalue weighted by molar-refractivity contribution is -0.997. The molecule has 1 aliphatic rings. The first-order valence-corrected chi connectivity index (χ1v) is 9.65. The molecule has 0 fully saturated rings. The van der Waals surface area contributed by atoms with Crippen LogP contribution in [0.25, 0.3) is 0 Å². The molecule has 1 aromatic heterocycles. The molecule has 2 aromatic carbocycles. The van der Waals surface area contributed by atoms with Gasteiger partial charge in [-0.25, -0.2) is 5.21 Å². The summed E-state index contributed by atoms with van der Waals surface area (Å²) in [5.74, 6) is -0.277. The summed E-state index contributed by atoms with van der Waals surface area (Å²) in [6.45, 7) is -0.383. The van der Waals surface area contributed by atoms with Crippen LogP contribution in [0.15, 0.2) is 76.2 Å². The molecule has 0 spiro atoms. The van der Waals surface area contributed by atoms with Crippen LogP contribution in [-0.2, 0) is 10.5 Å². The van der Waals surface area contributed by atoms with E-state index in [0.717, 1.165) is 5.01 Å². The van der Waals surface area contributed by atoms with Crippen molar-refractivity contribution in [1.82, 2.24) is 5.01 Å². The van der Waals surface area contributed by atoms with Crippen LogP contribution in [0.3, 0.4) is 0 Å². The lowest BCUT2D eigenvalue weighted by Crippen LogP contribution is -2.99. The minimum absolute atomic E-state index is 0.0870. The Morgan fingerprint density at radius 1 is 1.19 bits per heavy atom. The topological polar surface area (TPSA) is 123 Å². The molecule has 0 bridgehead atoms. The first kappa shape index (κ1) is 21.0. The second kappa shape index (κ2) is 8.50. The summed E-state index contributed by atoms with van der Waals surface area (Å²) in [5, 5.41) is 36.1. The van der Waals surface area contributed by atoms with Crippen LogP contribution < -0.4 is 9.96 Å². The minimum Gasteiger partial charge on any atom is -0.592 e. The van der Waals surface area contributed by atoms with Crippen LogP contribution in [0.4, 0.5) is 5.88 Å². The fraction of sp³-hybridized carbons (Fsp3) is 0.143. The lowest BCUT2D eigenvalue weighted by Gasteiger charge is -2.31. The molecular formula is C21H18ClN3O6. The van der Waals surface area contributed by atoms with Crippen molar-refractivity contribution in [2.75, 3.05) is 6.61 Å². The average Bonchev–Trinajstić information content (AvgIpc) is 3.40. The second-order valence-corrected chi connectivity index (χ2v) is 7.26. The summed E-state index contributed by atoms with van der Waals surface area (Å²) in [6, 6.07) is 17.8. The van der Waals surface area contributed by atoms with E-state index in [-0.39, 0.29) is 30.4 Å². The van der Waals surface area contributed by atoms with Crippen molar-refractivity contribution < 1.29 is 29.5 Å². The Hall–Kier alpha value is -3.21. The quantitative estimate of drug-likeness (QED) is 0.502. The summed E-state index contributed by atoms with van der Waals surface area (Å²) in [5.41, 5.74) is -1.11. The summed E-state index contributed by atoms with van der Waals surface area (Å²) < 4.78 is 10.8. The predicted octanol–water partition coefficient (Wildman–Crippen LogP) is 2.20. The molecule has 2 heterocycles. The highest BCUT2D eigenvalue weighted by atomic mass is 35.5. The molecule has 0 radical (unpaired) electrons. The number of hydrogen-bond donors (Lipinski definition) is 3. The second-order valence-electron chi connectivity index (χ2n) is 6.82. The zero-order chi connectivity index (χ0) is 22.0. The maximum absolute atomic E-state index is 12.9. The highest BCUT2D eigenvalue weighted by molar-refractivity contribution is 6.30. The molecule has 3 aromatic rings. The third-order valence-electron chi connectivity index (χ3n) is 4.73. The lowest BCUT2D eigenvalue weighted by atomic mass is 9.96. The van der Waals surface area contributed by atoms with Crippen molar-refractivity contribution in [3.63, 3.8) is 0 Å². The number of benzene rings is 2. The summed E-state index contributed by atoms with van der Waals surface area (Å²) >= 11 is 5.85. The summed E-state index contributed by atoms with van der Waals surface area (Å²) in [7, 11) is 0. The number of furan rings is 1. The molecule has 3 N–H and O–H groups in total. The predicted molar refractivity (Wildman–Crippen MR) is 110 cm³/mol. The third-order valence-corrected chi connectivity index (χ3v) is 4.99. The first-order chi connectivity index (χ1) is 14.9. The number of nitrogens with zero attached hydrogens (tertiary/aromatic N) is 2. The first-order valence-electron chi connectivity index (χ1n) is 9.27. The molecule has 9 nitrogen and oxygen atoms in total. The molecule has 4 rings (SSSR count). The third kappa shape index (κ3) is 4.31. The van der Waals surface area contributed by atoms with Crippen molar-refractivity contribution in [2.45, 2.75) is 12.1 Å². The van der Waals surface area contributed by atoms with E-state index in [1.54, 1.807) is 54.6 Å². The number of aliphatic hydroxyl groups is 1. The number of amides is 1. The Morgan fingerprint density at radius 3 is 2.55 bits per heavy atom. The maximum atomic E-state index is 12.9. The Morgan fingerprint density at radius 2 is 1.90 bits per heavy atom. The Kier molecular flexibility index (Phi) is 5.77. The largest absolute Gasteiger partial charge is 0.592 e. The van der Waals surface area contributed by atoms with Crippen LogP contribution in [0.1, 0.15) is 17.7 Å². The molecule has 160 valence electrons. The highest BCUT2D eigenvalue weighted by Crippen LogP contribution is 2.37. The number of carbonyl (C=O) groups excluding carboxylic acids is 1. The molecule has 0 saturated heterocycles. The van der Waals surface area contributed by atoms with Crippen LogP contribution >= 0.6 is 11.6 Å². The fourth-order valence-electron chi connectivity index (χ4n) is 3.22. The maximum Gasteiger partial charge on any atom is 0.328 e. The fourth-order valence-corrected chi connectivity index (χ4v) is 3.35. The highest BCUT2D eigenvalue weighted by Gasteiger charge is 2.47. The molecule has 2 atom stereocenters. The standard InChI is InChI=1S/C21H18ClN3O6/c22-15-6-8-16(9-7-15)30-13-19(26)24-21(27,14-4-2-1-3-5-14)12-17(23-24)18-10-11-20(31-18)25(28)29/h1-11,25,27-28H,12-13H2. The van der Waals surface area contributed by atoms with Crippen molar-refractivity contribution in [2.24, 2.45) is 5.10 Å². The van der Waals surface area contributed by atoms with Crippen LogP contribution in [0.5, 0.6) is 5.75 Å². The van der Waals surface area contributed by atoms with Gasteiger partial charge in [0.25, 0.3) is 5.91 Å². The van der Waals surface area contributed by atoms with Crippen molar-refractivity contribution in [3.8, 4) is 5.75 Å². The van der Waals surface area contributed by atoms with Crippen molar-refractivity contribution in [3.05, 3.63) is 88.3 Å². The number of ether oxygens (including phenoxy) is 1. The zero-order valence-corrected chi connectivity index (χ0v) is 16.8. The summed E-state index contributed by atoms with van der Waals surface area (Å²) in [4.78, 5) is 12.9. The van der Waals surface area contributed by atoms with Gasteiger partial charge in [0.2, 0.25) is 0 Å². The van der Waals surface area contributed by atoms with Crippen molar-refractivity contribution in [1.29, 1.82) is 0 Å². The number of rotatable bonds is 6. The van der Waals surface area contributed by atoms with Gasteiger partial charge in [0.15, 0.2) is 18.1 Å². The number of quaternary nitrogens is 1. The Balaban J connectivity index is 1.61. The van der Waals surface area contributed by atoms with Gasteiger partial charge in [-0.3, -0.25) is 4.79 Å². The molecule has 1 amide bonds. The van der Waals surface area contributed by atoms with Gasteiger partial charge in [0.1, 0.15) is 11.5 Å². The van der Waals surface area contributed by atoms with E-state index in [4.69, 9.17) is 26.0 Å². The van der Waals surface area contributed by atoms with Gasteiger partial charge in [-0.1, -0.05) is 41.9 Å². The van der Waals surface area contributed by atoms with Gasteiger partial charge in [-0.15, -0.1) is 0 Å². The van der Waals surface area contributed by atoms with Gasteiger partial charge < -0.3 is 19.5 Å². The number of halogens is 1. The van der Waals surface area contributed by atoms with Crippen molar-refractivity contribution >= 4 is 29.1 Å². The van der Waals surface area contributed by atoms with E-state index in [9.17, 15) is 15.1 Å². The van der Waals surface area contributed by atoms with Crippen LogP contribution in [-0.4, -0.2) is 33.5 Å². The van der Waals surface area contributed by atoms with E-state index in [0.29, 0.717) is 16.3 Å². The molecule has 1 aliphatic heterocycles. The number of hydrazone groups is 1. The monoisotopic (exact) mass is 443 g/mol. The van der Waals surface area contributed by atoms with Gasteiger partial charge in [-0.05, 0) is 30.3 Å². The number of nitrogens with one attached hydrogen (secondary N) is 1. The van der Waals surface area contributed by atoms with E-state index in [1.165, 1.54) is 12.1 Å². The SMILES string of the molecule is O=C(COc1ccc(Cl)cc1)N1N=C(c2ccc([NH+]([O-])O)o2)CC1(O)c1ccccc1. The molecular weight excluding hydrogens is 426 g/mol. The van der Waals surface area contributed by atoms with E-state index < -0.39 is 16.9 Å². The van der Waals surface area contributed by atoms with Gasteiger partial charge in [-0.2, -0.15) is 15.3 Å². The number of hydrogen-bond acceptors (Lipinski definition) is 7. The summed E-state index contributed by atoms with van der Waals surface area (Å²) in [6.07, 6.45) is -0.0870.